The second-order valence-electron chi connectivity index (χ2n) is 6.05. The summed E-state index contributed by atoms with van der Waals surface area (Å²) < 4.78 is 0. The highest BCUT2D eigenvalue weighted by atomic mass is 16.2. The lowest BCUT2D eigenvalue weighted by Crippen LogP contribution is -2.48. The number of rotatable bonds is 4. The van der Waals surface area contributed by atoms with Gasteiger partial charge in [-0.25, -0.2) is 0 Å². The van der Waals surface area contributed by atoms with Crippen molar-refractivity contribution in [3.05, 3.63) is 36.0 Å². The third kappa shape index (κ3) is 2.37. The molecule has 3 rings (SSSR count). The molecule has 0 radical (unpaired) electrons. The van der Waals surface area contributed by atoms with Crippen LogP contribution < -0.4 is 0 Å². The van der Waals surface area contributed by atoms with E-state index < -0.39 is 5.41 Å². The Labute approximate surface area is 130 Å². The van der Waals surface area contributed by atoms with Gasteiger partial charge < -0.3 is 9.88 Å². The predicted molar refractivity (Wildman–Crippen MR) is 86.2 cm³/mol. The highest BCUT2D eigenvalue weighted by Crippen LogP contribution is 2.34. The maximum atomic E-state index is 12.6. The first kappa shape index (κ1) is 14.6. The lowest BCUT2D eigenvalue weighted by atomic mass is 9.78. The number of aromatic amines is 1. The van der Waals surface area contributed by atoms with Crippen molar-refractivity contribution in [3.8, 4) is 6.07 Å². The van der Waals surface area contributed by atoms with Crippen LogP contribution in [0.4, 0.5) is 0 Å². The summed E-state index contributed by atoms with van der Waals surface area (Å²) in [6.07, 6.45) is 5.06. The maximum Gasteiger partial charge on any atom is 0.243 e. The van der Waals surface area contributed by atoms with Crippen LogP contribution in [0.5, 0.6) is 0 Å². The fourth-order valence-corrected chi connectivity index (χ4v) is 3.40. The van der Waals surface area contributed by atoms with Crippen molar-refractivity contribution < 1.29 is 4.79 Å². The fraction of sp³-hybridized carbons (Fsp3) is 0.444. The molecule has 22 heavy (non-hydrogen) atoms. The number of piperidine rings is 1. The van der Waals surface area contributed by atoms with E-state index in [9.17, 15) is 10.1 Å². The number of nitrogens with zero attached hydrogens (tertiary/aromatic N) is 2. The van der Waals surface area contributed by atoms with Crippen molar-refractivity contribution in [1.29, 1.82) is 5.26 Å². The molecule has 1 aliphatic rings. The minimum atomic E-state index is -0.793. The minimum absolute atomic E-state index is 0.0172. The van der Waals surface area contributed by atoms with E-state index >= 15 is 0 Å². The molecule has 0 aliphatic carbocycles. The smallest absolute Gasteiger partial charge is 0.243 e. The zero-order chi connectivity index (χ0) is 15.6. The van der Waals surface area contributed by atoms with Crippen molar-refractivity contribution in [1.82, 2.24) is 9.88 Å². The van der Waals surface area contributed by atoms with Crippen LogP contribution in [0.25, 0.3) is 10.9 Å². The molecular formula is C18H21N3O. The Hall–Kier alpha value is -2.28. The summed E-state index contributed by atoms with van der Waals surface area (Å²) in [6, 6.07) is 10.5. The number of hydrogen-bond donors (Lipinski definition) is 1. The van der Waals surface area contributed by atoms with E-state index in [4.69, 9.17) is 0 Å². The van der Waals surface area contributed by atoms with E-state index in [1.54, 1.807) is 0 Å². The van der Waals surface area contributed by atoms with Crippen LogP contribution in [0, 0.1) is 16.7 Å². The Balaban J connectivity index is 1.74. The Morgan fingerprint density at radius 3 is 3.00 bits per heavy atom. The van der Waals surface area contributed by atoms with E-state index in [-0.39, 0.29) is 5.91 Å². The Morgan fingerprint density at radius 2 is 2.23 bits per heavy atom. The lowest BCUT2D eigenvalue weighted by molar-refractivity contribution is -0.142. The first-order valence-electron chi connectivity index (χ1n) is 7.96. The molecule has 0 bridgehead atoms. The van der Waals surface area contributed by atoms with Crippen molar-refractivity contribution in [3.63, 3.8) is 0 Å². The molecule has 1 aliphatic heterocycles. The molecular weight excluding hydrogens is 274 g/mol. The summed E-state index contributed by atoms with van der Waals surface area (Å²) in [5.41, 5.74) is 1.56. The zero-order valence-corrected chi connectivity index (χ0v) is 12.9. The van der Waals surface area contributed by atoms with Gasteiger partial charge in [0.1, 0.15) is 5.41 Å². The SMILES string of the molecule is CCC1(C#N)CCCN(CCc2c[nH]c3ccccc23)C1=O. The third-order valence-electron chi connectivity index (χ3n) is 4.87. The number of carbonyl (C=O) groups excluding carboxylic acids is 1. The van der Waals surface area contributed by atoms with Crippen LogP contribution in [-0.4, -0.2) is 28.9 Å². The molecule has 1 aromatic carbocycles. The van der Waals surface area contributed by atoms with Gasteiger partial charge in [0.15, 0.2) is 0 Å². The second-order valence-corrected chi connectivity index (χ2v) is 6.05. The number of para-hydroxylation sites is 1. The Kier molecular flexibility index (Phi) is 3.89. The summed E-state index contributed by atoms with van der Waals surface area (Å²) in [5.74, 6) is 0.0172. The number of nitrogens with one attached hydrogen (secondary N) is 1. The monoisotopic (exact) mass is 295 g/mol. The van der Waals surface area contributed by atoms with Gasteiger partial charge in [-0.2, -0.15) is 5.26 Å². The number of aromatic nitrogens is 1. The van der Waals surface area contributed by atoms with E-state index in [0.29, 0.717) is 19.4 Å². The molecule has 1 fully saturated rings. The molecule has 4 nitrogen and oxygen atoms in total. The number of likely N-dealkylation sites (tertiary alicyclic amines) is 1. The lowest BCUT2D eigenvalue weighted by Gasteiger charge is -2.36. The molecule has 2 aromatic rings. The molecule has 1 unspecified atom stereocenters. The van der Waals surface area contributed by atoms with Crippen LogP contribution in [0.2, 0.25) is 0 Å². The fourth-order valence-electron chi connectivity index (χ4n) is 3.40. The summed E-state index contributed by atoms with van der Waals surface area (Å²) in [7, 11) is 0. The van der Waals surface area contributed by atoms with Crippen molar-refractivity contribution in [2.75, 3.05) is 13.1 Å². The van der Waals surface area contributed by atoms with Crippen LogP contribution in [0.3, 0.4) is 0 Å². The topological polar surface area (TPSA) is 59.9 Å². The average molecular weight is 295 g/mol. The molecule has 114 valence electrons. The first-order valence-corrected chi connectivity index (χ1v) is 7.96. The normalized spacial score (nSPS) is 22.0. The average Bonchev–Trinajstić information content (AvgIpc) is 2.97. The molecule has 0 spiro atoms. The van der Waals surface area contributed by atoms with E-state index in [0.717, 1.165) is 24.9 Å². The standard InChI is InChI=1S/C18H21N3O/c1-2-18(13-19)9-5-10-21(17(18)22)11-8-14-12-20-16-7-4-3-6-15(14)16/h3-4,6-7,12,20H,2,5,8-11H2,1H3. The van der Waals surface area contributed by atoms with Crippen LogP contribution >= 0.6 is 0 Å². The van der Waals surface area contributed by atoms with Gasteiger partial charge in [-0.3, -0.25) is 4.79 Å². The quantitative estimate of drug-likeness (QED) is 0.941. The van der Waals surface area contributed by atoms with Crippen LogP contribution in [0.1, 0.15) is 31.7 Å². The van der Waals surface area contributed by atoms with Gasteiger partial charge in [0.05, 0.1) is 6.07 Å². The highest BCUT2D eigenvalue weighted by Gasteiger charge is 2.42. The van der Waals surface area contributed by atoms with Crippen molar-refractivity contribution in [2.24, 2.45) is 5.41 Å². The number of carbonyl (C=O) groups is 1. The summed E-state index contributed by atoms with van der Waals surface area (Å²) in [6.45, 7) is 3.39. The zero-order valence-electron chi connectivity index (χ0n) is 12.9. The van der Waals surface area contributed by atoms with Gasteiger partial charge >= 0.3 is 0 Å². The molecule has 1 N–H and O–H groups in total. The van der Waals surface area contributed by atoms with Crippen LogP contribution in [-0.2, 0) is 11.2 Å². The molecule has 1 saturated heterocycles. The highest BCUT2D eigenvalue weighted by molar-refractivity contribution is 5.86. The number of benzene rings is 1. The largest absolute Gasteiger partial charge is 0.361 e. The third-order valence-corrected chi connectivity index (χ3v) is 4.87. The molecule has 1 aromatic heterocycles. The van der Waals surface area contributed by atoms with E-state index in [1.165, 1.54) is 10.9 Å². The van der Waals surface area contributed by atoms with Crippen molar-refractivity contribution in [2.45, 2.75) is 32.6 Å². The molecule has 1 amide bonds. The summed E-state index contributed by atoms with van der Waals surface area (Å²) in [4.78, 5) is 17.8. The van der Waals surface area contributed by atoms with Gasteiger partial charge in [-0.1, -0.05) is 25.1 Å². The number of amides is 1. The maximum absolute atomic E-state index is 12.6. The summed E-state index contributed by atoms with van der Waals surface area (Å²) in [5, 5.41) is 10.6. The Morgan fingerprint density at radius 1 is 1.41 bits per heavy atom. The predicted octanol–water partition coefficient (Wildman–Crippen LogP) is 3.25. The van der Waals surface area contributed by atoms with Gasteiger partial charge in [-0.05, 0) is 37.3 Å². The van der Waals surface area contributed by atoms with Crippen LogP contribution in [0.15, 0.2) is 30.5 Å². The van der Waals surface area contributed by atoms with Crippen molar-refractivity contribution >= 4 is 16.8 Å². The van der Waals surface area contributed by atoms with E-state index in [2.05, 4.69) is 23.2 Å². The Bertz CT molecular complexity index is 727. The van der Waals surface area contributed by atoms with Gasteiger partial charge in [0, 0.05) is 30.2 Å². The molecule has 2 heterocycles. The van der Waals surface area contributed by atoms with Gasteiger partial charge in [0.25, 0.3) is 0 Å². The number of H-pyrrole nitrogens is 1. The molecule has 0 saturated carbocycles. The molecule has 4 heteroatoms. The second kappa shape index (κ2) is 5.84. The number of fused-ring (bicyclic) bond motifs is 1. The van der Waals surface area contributed by atoms with Gasteiger partial charge in [-0.15, -0.1) is 0 Å². The summed E-state index contributed by atoms with van der Waals surface area (Å²) >= 11 is 0. The number of nitriles is 1. The first-order chi connectivity index (χ1) is 10.7. The number of hydrogen-bond acceptors (Lipinski definition) is 2. The minimum Gasteiger partial charge on any atom is -0.361 e. The van der Waals surface area contributed by atoms with Gasteiger partial charge in [0.2, 0.25) is 5.91 Å². The van der Waals surface area contributed by atoms with E-state index in [1.807, 2.05) is 30.2 Å². The molecule has 1 atom stereocenters.